The van der Waals surface area contributed by atoms with E-state index in [1.807, 2.05) is 0 Å². The lowest BCUT2D eigenvalue weighted by Crippen LogP contribution is -2.27. The van der Waals surface area contributed by atoms with E-state index in [4.69, 9.17) is 0 Å². The van der Waals surface area contributed by atoms with E-state index in [1.165, 1.54) is 19.3 Å². The molecule has 1 atom stereocenters. The Balaban J connectivity index is 2.05. The quantitative estimate of drug-likeness (QED) is 0.916. The summed E-state index contributed by atoms with van der Waals surface area (Å²) in [7, 11) is 0. The maximum Gasteiger partial charge on any atom is 0.134 e. The molecule has 1 saturated heterocycles. The first kappa shape index (κ1) is 15.1. The van der Waals surface area contributed by atoms with Gasteiger partial charge in [-0.3, -0.25) is 0 Å². The van der Waals surface area contributed by atoms with E-state index in [1.54, 1.807) is 6.33 Å². The Bertz CT molecular complexity index is 425. The molecule has 1 aromatic rings. The van der Waals surface area contributed by atoms with Gasteiger partial charge in [-0.15, -0.1) is 0 Å². The highest BCUT2D eigenvalue weighted by Crippen LogP contribution is 2.35. The number of hydrogen-bond acceptors (Lipinski definition) is 4. The summed E-state index contributed by atoms with van der Waals surface area (Å²) >= 11 is 0. The van der Waals surface area contributed by atoms with Crippen molar-refractivity contribution in [1.82, 2.24) is 9.97 Å². The third-order valence-corrected chi connectivity index (χ3v) is 4.29. The molecular formula is C16H28N4. The minimum Gasteiger partial charge on any atom is -0.370 e. The zero-order valence-electron chi connectivity index (χ0n) is 13.3. The van der Waals surface area contributed by atoms with Crippen molar-refractivity contribution in [2.24, 2.45) is 11.3 Å². The number of rotatable bonds is 3. The number of nitrogens with zero attached hydrogens (tertiary/aromatic N) is 3. The molecular weight excluding hydrogens is 248 g/mol. The van der Waals surface area contributed by atoms with Gasteiger partial charge in [0.05, 0.1) is 0 Å². The second kappa shape index (κ2) is 6.42. The Kier molecular flexibility index (Phi) is 4.84. The number of anilines is 2. The van der Waals surface area contributed by atoms with E-state index >= 15 is 0 Å². The maximum absolute atomic E-state index is 4.45. The van der Waals surface area contributed by atoms with Crippen LogP contribution in [0.1, 0.15) is 47.0 Å². The van der Waals surface area contributed by atoms with E-state index < -0.39 is 0 Å². The van der Waals surface area contributed by atoms with Crippen LogP contribution in [0.2, 0.25) is 0 Å². The summed E-state index contributed by atoms with van der Waals surface area (Å²) in [4.78, 5) is 11.1. The smallest absolute Gasteiger partial charge is 0.134 e. The van der Waals surface area contributed by atoms with Crippen molar-refractivity contribution in [2.45, 2.75) is 47.0 Å². The predicted octanol–water partition coefficient (Wildman–Crippen LogP) is 3.56. The van der Waals surface area contributed by atoms with Crippen molar-refractivity contribution in [3.05, 3.63) is 12.4 Å². The molecule has 1 fully saturated rings. The van der Waals surface area contributed by atoms with Gasteiger partial charge in [0.15, 0.2) is 0 Å². The molecule has 1 unspecified atom stereocenters. The Morgan fingerprint density at radius 2 is 2.05 bits per heavy atom. The lowest BCUT2D eigenvalue weighted by molar-refractivity contribution is 0.220. The van der Waals surface area contributed by atoms with Crippen LogP contribution in [0, 0.1) is 11.3 Å². The van der Waals surface area contributed by atoms with Crippen LogP contribution in [0.15, 0.2) is 12.4 Å². The van der Waals surface area contributed by atoms with Crippen molar-refractivity contribution >= 4 is 11.6 Å². The largest absolute Gasteiger partial charge is 0.370 e. The molecule has 0 saturated carbocycles. The van der Waals surface area contributed by atoms with Crippen LogP contribution in [-0.4, -0.2) is 29.6 Å². The fourth-order valence-corrected chi connectivity index (χ4v) is 2.99. The third-order valence-electron chi connectivity index (χ3n) is 4.29. The summed E-state index contributed by atoms with van der Waals surface area (Å²) < 4.78 is 0. The van der Waals surface area contributed by atoms with E-state index in [0.29, 0.717) is 5.41 Å². The van der Waals surface area contributed by atoms with Crippen molar-refractivity contribution < 1.29 is 0 Å². The molecule has 20 heavy (non-hydrogen) atoms. The van der Waals surface area contributed by atoms with E-state index in [0.717, 1.165) is 37.2 Å². The second-order valence-corrected chi connectivity index (χ2v) is 6.77. The fraction of sp³-hybridized carbons (Fsp3) is 0.750. The van der Waals surface area contributed by atoms with Gasteiger partial charge in [-0.05, 0) is 37.5 Å². The van der Waals surface area contributed by atoms with Crippen molar-refractivity contribution in [3.63, 3.8) is 0 Å². The molecule has 0 aromatic carbocycles. The van der Waals surface area contributed by atoms with Gasteiger partial charge < -0.3 is 10.2 Å². The van der Waals surface area contributed by atoms with E-state index in [-0.39, 0.29) is 0 Å². The monoisotopic (exact) mass is 276 g/mol. The molecule has 1 aliphatic heterocycles. The highest BCUT2D eigenvalue weighted by atomic mass is 15.2. The highest BCUT2D eigenvalue weighted by Gasteiger charge is 2.27. The molecule has 112 valence electrons. The van der Waals surface area contributed by atoms with Crippen LogP contribution in [-0.2, 0) is 0 Å². The van der Waals surface area contributed by atoms with Crippen molar-refractivity contribution in [1.29, 1.82) is 0 Å². The second-order valence-electron chi connectivity index (χ2n) is 6.77. The van der Waals surface area contributed by atoms with Crippen LogP contribution < -0.4 is 10.2 Å². The lowest BCUT2D eigenvalue weighted by Gasteiger charge is -2.29. The number of nitrogens with one attached hydrogen (secondary N) is 1. The minimum absolute atomic E-state index is 0.413. The summed E-state index contributed by atoms with van der Waals surface area (Å²) in [5.41, 5.74) is 0.413. The van der Waals surface area contributed by atoms with Crippen molar-refractivity contribution in [3.8, 4) is 0 Å². The fourth-order valence-electron chi connectivity index (χ4n) is 2.99. The Morgan fingerprint density at radius 1 is 1.25 bits per heavy atom. The van der Waals surface area contributed by atoms with E-state index in [9.17, 15) is 0 Å². The maximum atomic E-state index is 4.45. The topological polar surface area (TPSA) is 41.0 Å². The van der Waals surface area contributed by atoms with Crippen LogP contribution in [0.4, 0.5) is 11.6 Å². The summed E-state index contributed by atoms with van der Waals surface area (Å²) in [6, 6.07) is 2.07. The number of aromatic nitrogens is 2. The molecule has 2 rings (SSSR count). The lowest BCUT2D eigenvalue weighted by atomic mass is 9.77. The molecule has 1 aromatic heterocycles. The van der Waals surface area contributed by atoms with Gasteiger partial charge in [-0.25, -0.2) is 9.97 Å². The van der Waals surface area contributed by atoms with Crippen LogP contribution >= 0.6 is 0 Å². The standard InChI is InChI=1S/C16H28N4/c1-5-17-14-11-15(19-12-18-14)20-9-6-7-13(8-10-20)16(2,3)4/h11-13H,5-10H2,1-4H3,(H,17,18,19). The molecule has 2 heterocycles. The molecule has 0 radical (unpaired) electrons. The van der Waals surface area contributed by atoms with Gasteiger partial charge in [0, 0.05) is 25.7 Å². The third kappa shape index (κ3) is 3.84. The first-order valence-electron chi connectivity index (χ1n) is 7.81. The Morgan fingerprint density at radius 3 is 2.75 bits per heavy atom. The molecule has 0 bridgehead atoms. The number of hydrogen-bond donors (Lipinski definition) is 1. The molecule has 4 heteroatoms. The summed E-state index contributed by atoms with van der Waals surface area (Å²) in [6.45, 7) is 12.3. The average molecular weight is 276 g/mol. The summed E-state index contributed by atoms with van der Waals surface area (Å²) in [6.07, 6.45) is 5.50. The Hall–Kier alpha value is -1.32. The normalized spacial score (nSPS) is 20.6. The zero-order chi connectivity index (χ0) is 14.6. The SMILES string of the molecule is CCNc1cc(N2CCCC(C(C)(C)C)CC2)ncn1. The molecule has 1 aliphatic rings. The zero-order valence-corrected chi connectivity index (χ0v) is 13.3. The predicted molar refractivity (Wildman–Crippen MR) is 85.2 cm³/mol. The molecule has 1 N–H and O–H groups in total. The van der Waals surface area contributed by atoms with Gasteiger partial charge in [0.2, 0.25) is 0 Å². The van der Waals surface area contributed by atoms with Crippen molar-refractivity contribution in [2.75, 3.05) is 29.9 Å². The Labute approximate surface area is 123 Å². The summed E-state index contributed by atoms with van der Waals surface area (Å²) in [5, 5.41) is 3.26. The van der Waals surface area contributed by atoms with Crippen LogP contribution in [0.3, 0.4) is 0 Å². The van der Waals surface area contributed by atoms with Gasteiger partial charge >= 0.3 is 0 Å². The van der Waals surface area contributed by atoms with Gasteiger partial charge in [0.25, 0.3) is 0 Å². The van der Waals surface area contributed by atoms with Crippen LogP contribution in [0.5, 0.6) is 0 Å². The van der Waals surface area contributed by atoms with Crippen LogP contribution in [0.25, 0.3) is 0 Å². The molecule has 0 aliphatic carbocycles. The molecule has 0 spiro atoms. The van der Waals surface area contributed by atoms with Gasteiger partial charge in [-0.2, -0.15) is 0 Å². The summed E-state index contributed by atoms with van der Waals surface area (Å²) in [5.74, 6) is 2.79. The van der Waals surface area contributed by atoms with E-state index in [2.05, 4.69) is 53.9 Å². The van der Waals surface area contributed by atoms with Gasteiger partial charge in [-0.1, -0.05) is 20.8 Å². The highest BCUT2D eigenvalue weighted by molar-refractivity contribution is 5.48. The molecule has 4 nitrogen and oxygen atoms in total. The average Bonchev–Trinajstić information content (AvgIpc) is 2.64. The first-order valence-corrected chi connectivity index (χ1v) is 7.81. The van der Waals surface area contributed by atoms with Gasteiger partial charge in [0.1, 0.15) is 18.0 Å². The molecule has 0 amide bonds. The minimum atomic E-state index is 0.413. The first-order chi connectivity index (χ1) is 9.50.